The second kappa shape index (κ2) is 9.35. The number of fused-ring (bicyclic) bond motifs is 1. The van der Waals surface area contributed by atoms with Crippen LogP contribution in [-0.4, -0.2) is 38.7 Å². The van der Waals surface area contributed by atoms with E-state index in [0.717, 1.165) is 57.0 Å². The Balaban J connectivity index is 1.54. The van der Waals surface area contributed by atoms with E-state index in [1.807, 2.05) is 0 Å². The van der Waals surface area contributed by atoms with Crippen molar-refractivity contribution in [2.45, 2.75) is 96.4 Å². The van der Waals surface area contributed by atoms with Crippen molar-refractivity contribution in [2.24, 2.45) is 0 Å². The number of piperidine rings is 1. The molecule has 3 heterocycles. The van der Waals surface area contributed by atoms with Gasteiger partial charge in [0.15, 0.2) is 0 Å². The van der Waals surface area contributed by atoms with Crippen molar-refractivity contribution in [2.75, 3.05) is 13.1 Å². The van der Waals surface area contributed by atoms with Gasteiger partial charge in [-0.2, -0.15) is 0 Å². The molecule has 0 N–H and O–H groups in total. The molecule has 2 aliphatic rings. The highest BCUT2D eigenvalue weighted by atomic mass is 16.2. The van der Waals surface area contributed by atoms with Crippen LogP contribution in [0, 0.1) is 0 Å². The second-order valence-electron chi connectivity index (χ2n) is 7.78. The van der Waals surface area contributed by atoms with Crippen molar-refractivity contribution in [1.82, 2.24) is 19.7 Å². The lowest BCUT2D eigenvalue weighted by Gasteiger charge is -2.32. The molecule has 140 valence electrons. The molecule has 25 heavy (non-hydrogen) atoms. The van der Waals surface area contributed by atoms with Crippen molar-refractivity contribution in [3.05, 3.63) is 11.6 Å². The van der Waals surface area contributed by atoms with Crippen LogP contribution < -0.4 is 0 Å². The van der Waals surface area contributed by atoms with Gasteiger partial charge in [0.05, 0.1) is 0 Å². The van der Waals surface area contributed by atoms with Crippen LogP contribution in [0.1, 0.15) is 95.1 Å². The Labute approximate surface area is 152 Å². The molecular weight excluding hydrogens is 312 g/mol. The van der Waals surface area contributed by atoms with Crippen LogP contribution in [0.3, 0.4) is 0 Å². The van der Waals surface area contributed by atoms with Gasteiger partial charge >= 0.3 is 0 Å². The lowest BCUT2D eigenvalue weighted by atomic mass is 9.96. The molecule has 0 bridgehead atoms. The first-order valence-corrected chi connectivity index (χ1v) is 10.5. The number of hydrogen-bond acceptors (Lipinski definition) is 3. The van der Waals surface area contributed by atoms with Gasteiger partial charge in [0, 0.05) is 38.4 Å². The molecule has 1 unspecified atom stereocenters. The summed E-state index contributed by atoms with van der Waals surface area (Å²) in [4.78, 5) is 14.7. The van der Waals surface area contributed by atoms with Gasteiger partial charge in [-0.05, 0) is 32.1 Å². The fraction of sp³-hybridized carbons (Fsp3) is 0.850. The maximum Gasteiger partial charge on any atom is 0.222 e. The molecule has 0 aliphatic carbocycles. The standard InChI is InChI=1S/C20H34N4O/c1-2-3-4-5-8-13-19(25)23-14-10-11-17(16-23)20-22-21-18-12-7-6-9-15-24(18)20/h17H,2-16H2,1H3. The van der Waals surface area contributed by atoms with E-state index in [4.69, 9.17) is 0 Å². The summed E-state index contributed by atoms with van der Waals surface area (Å²) >= 11 is 0. The van der Waals surface area contributed by atoms with E-state index in [1.54, 1.807) is 0 Å². The highest BCUT2D eigenvalue weighted by molar-refractivity contribution is 5.76. The Kier molecular flexibility index (Phi) is 6.88. The minimum Gasteiger partial charge on any atom is -0.342 e. The molecule has 3 rings (SSSR count). The molecule has 5 heteroatoms. The first-order valence-electron chi connectivity index (χ1n) is 10.5. The van der Waals surface area contributed by atoms with Gasteiger partial charge < -0.3 is 9.47 Å². The number of unbranched alkanes of at least 4 members (excludes halogenated alkanes) is 4. The van der Waals surface area contributed by atoms with Crippen LogP contribution in [0.25, 0.3) is 0 Å². The number of likely N-dealkylation sites (tertiary alicyclic amines) is 1. The molecule has 0 radical (unpaired) electrons. The maximum atomic E-state index is 12.6. The van der Waals surface area contributed by atoms with Crippen LogP contribution in [0.2, 0.25) is 0 Å². The van der Waals surface area contributed by atoms with E-state index in [-0.39, 0.29) is 0 Å². The van der Waals surface area contributed by atoms with E-state index >= 15 is 0 Å². The number of rotatable bonds is 7. The Morgan fingerprint density at radius 3 is 2.80 bits per heavy atom. The smallest absolute Gasteiger partial charge is 0.222 e. The lowest BCUT2D eigenvalue weighted by Crippen LogP contribution is -2.39. The summed E-state index contributed by atoms with van der Waals surface area (Å²) in [5, 5.41) is 8.98. The molecule has 0 spiro atoms. The third-order valence-electron chi connectivity index (χ3n) is 5.77. The van der Waals surface area contributed by atoms with Crippen LogP contribution in [-0.2, 0) is 17.8 Å². The van der Waals surface area contributed by atoms with Crippen molar-refractivity contribution in [3.63, 3.8) is 0 Å². The first-order chi connectivity index (χ1) is 12.3. The quantitative estimate of drug-likeness (QED) is 0.699. The predicted molar refractivity (Wildman–Crippen MR) is 99.5 cm³/mol. The fourth-order valence-electron chi connectivity index (χ4n) is 4.26. The largest absolute Gasteiger partial charge is 0.342 e. The summed E-state index contributed by atoms with van der Waals surface area (Å²) in [7, 11) is 0. The number of carbonyl (C=O) groups is 1. The molecule has 5 nitrogen and oxygen atoms in total. The topological polar surface area (TPSA) is 51.0 Å². The highest BCUT2D eigenvalue weighted by Gasteiger charge is 2.29. The third kappa shape index (κ3) is 4.83. The minimum absolute atomic E-state index is 0.344. The summed E-state index contributed by atoms with van der Waals surface area (Å²) in [5.41, 5.74) is 0. The van der Waals surface area contributed by atoms with Crippen LogP contribution in [0.4, 0.5) is 0 Å². The molecule has 1 aromatic heterocycles. The number of aryl methyl sites for hydroxylation is 1. The van der Waals surface area contributed by atoms with Gasteiger partial charge in [0.25, 0.3) is 0 Å². The monoisotopic (exact) mass is 346 g/mol. The predicted octanol–water partition coefficient (Wildman–Crippen LogP) is 4.07. The molecule has 1 saturated heterocycles. The van der Waals surface area contributed by atoms with Gasteiger partial charge in [0.1, 0.15) is 11.6 Å². The van der Waals surface area contributed by atoms with E-state index in [1.165, 1.54) is 44.9 Å². The summed E-state index contributed by atoms with van der Waals surface area (Å²) in [6.45, 7) is 5.04. The van der Waals surface area contributed by atoms with E-state index < -0.39 is 0 Å². The van der Waals surface area contributed by atoms with Gasteiger partial charge in [-0.1, -0.05) is 39.0 Å². The summed E-state index contributed by atoms with van der Waals surface area (Å²) < 4.78 is 2.36. The molecular formula is C20H34N4O. The molecule has 1 amide bonds. The number of hydrogen-bond donors (Lipinski definition) is 0. The third-order valence-corrected chi connectivity index (χ3v) is 5.77. The lowest BCUT2D eigenvalue weighted by molar-refractivity contribution is -0.132. The summed E-state index contributed by atoms with van der Waals surface area (Å²) in [6.07, 6.45) is 13.8. The van der Waals surface area contributed by atoms with Crippen LogP contribution >= 0.6 is 0 Å². The van der Waals surface area contributed by atoms with Crippen molar-refractivity contribution in [1.29, 1.82) is 0 Å². The zero-order chi connectivity index (χ0) is 17.5. The van der Waals surface area contributed by atoms with Crippen LogP contribution in [0.5, 0.6) is 0 Å². The molecule has 1 aromatic rings. The SMILES string of the molecule is CCCCCCCC(=O)N1CCCC(c2nnc3n2CCCCC3)C1. The Hall–Kier alpha value is -1.39. The summed E-state index contributed by atoms with van der Waals surface area (Å²) in [5.74, 6) is 3.01. The normalized spacial score (nSPS) is 21.0. The van der Waals surface area contributed by atoms with Gasteiger partial charge in [0.2, 0.25) is 5.91 Å². The van der Waals surface area contributed by atoms with Gasteiger partial charge in [-0.15, -0.1) is 10.2 Å². The van der Waals surface area contributed by atoms with Crippen molar-refractivity contribution < 1.29 is 4.79 Å². The molecule has 0 aromatic carbocycles. The Bertz CT molecular complexity index is 554. The van der Waals surface area contributed by atoms with E-state index in [9.17, 15) is 4.79 Å². The number of aromatic nitrogens is 3. The average molecular weight is 347 g/mol. The minimum atomic E-state index is 0.344. The molecule has 1 fully saturated rings. The van der Waals surface area contributed by atoms with E-state index in [0.29, 0.717) is 18.2 Å². The second-order valence-corrected chi connectivity index (χ2v) is 7.78. The molecule has 1 atom stereocenters. The molecule has 2 aliphatic heterocycles. The Morgan fingerprint density at radius 2 is 1.92 bits per heavy atom. The highest BCUT2D eigenvalue weighted by Crippen LogP contribution is 2.28. The fourth-order valence-corrected chi connectivity index (χ4v) is 4.26. The average Bonchev–Trinajstić information content (AvgIpc) is 2.90. The number of carbonyl (C=O) groups excluding carboxylic acids is 1. The van der Waals surface area contributed by atoms with E-state index in [2.05, 4.69) is 26.6 Å². The van der Waals surface area contributed by atoms with Crippen molar-refractivity contribution >= 4 is 5.91 Å². The zero-order valence-corrected chi connectivity index (χ0v) is 15.9. The maximum absolute atomic E-state index is 12.6. The van der Waals surface area contributed by atoms with Crippen molar-refractivity contribution in [3.8, 4) is 0 Å². The first kappa shape index (κ1) is 18.4. The summed E-state index contributed by atoms with van der Waals surface area (Å²) in [6, 6.07) is 0. The van der Waals surface area contributed by atoms with Gasteiger partial charge in [-0.3, -0.25) is 4.79 Å². The number of nitrogens with zero attached hydrogens (tertiary/aromatic N) is 4. The van der Waals surface area contributed by atoms with Gasteiger partial charge in [-0.25, -0.2) is 0 Å². The van der Waals surface area contributed by atoms with Crippen LogP contribution in [0.15, 0.2) is 0 Å². The zero-order valence-electron chi connectivity index (χ0n) is 15.9. The number of amides is 1. The Morgan fingerprint density at radius 1 is 1.04 bits per heavy atom. The molecule has 0 saturated carbocycles.